The molecule has 0 atom stereocenters. The number of halogens is 1. The number of pyridine rings is 1. The molecule has 0 amide bonds. The number of nitrogens with zero attached hydrogens (tertiary/aromatic N) is 2. The number of hydrogen-bond donors (Lipinski definition) is 0. The number of fused-ring (bicyclic) bond motifs is 1. The van der Waals surface area contributed by atoms with Gasteiger partial charge in [-0.3, -0.25) is 0 Å². The smallest absolute Gasteiger partial charge is 0.137 e. The largest absolute Gasteiger partial charge is 0.306 e. The van der Waals surface area contributed by atoms with Crippen molar-refractivity contribution in [1.29, 1.82) is 0 Å². The third-order valence-corrected chi connectivity index (χ3v) is 4.19. The number of aryl methyl sites for hydroxylation is 1. The highest BCUT2D eigenvalue weighted by atomic mass is 35.5. The van der Waals surface area contributed by atoms with Crippen molar-refractivity contribution in [1.82, 2.24) is 9.38 Å². The molecule has 4 rings (SSSR count). The molecule has 0 spiro atoms. The van der Waals surface area contributed by atoms with E-state index in [9.17, 15) is 0 Å². The molecule has 2 aromatic carbocycles. The molecule has 0 N–H and O–H groups in total. The molecule has 0 fully saturated rings. The zero-order valence-electron chi connectivity index (χ0n) is 12.7. The van der Waals surface area contributed by atoms with Crippen molar-refractivity contribution in [3.8, 4) is 22.4 Å². The molecule has 2 nitrogen and oxygen atoms in total. The van der Waals surface area contributed by atoms with Crippen molar-refractivity contribution in [3.05, 3.63) is 83.6 Å². The molecule has 23 heavy (non-hydrogen) atoms. The molecule has 2 heterocycles. The van der Waals surface area contributed by atoms with E-state index >= 15 is 0 Å². The third kappa shape index (κ3) is 2.73. The Kier molecular flexibility index (Phi) is 3.40. The molecule has 0 radical (unpaired) electrons. The van der Waals surface area contributed by atoms with E-state index in [4.69, 9.17) is 11.6 Å². The van der Waals surface area contributed by atoms with Gasteiger partial charge in [0.1, 0.15) is 5.65 Å². The van der Waals surface area contributed by atoms with Gasteiger partial charge in [-0.2, -0.15) is 0 Å². The monoisotopic (exact) mass is 318 g/mol. The van der Waals surface area contributed by atoms with Crippen molar-refractivity contribution < 1.29 is 0 Å². The second-order valence-electron chi connectivity index (χ2n) is 5.69. The average Bonchev–Trinajstić information content (AvgIpc) is 2.98. The van der Waals surface area contributed by atoms with Gasteiger partial charge >= 0.3 is 0 Å². The first-order valence-corrected chi connectivity index (χ1v) is 7.88. The van der Waals surface area contributed by atoms with E-state index in [0.29, 0.717) is 0 Å². The molecule has 112 valence electrons. The van der Waals surface area contributed by atoms with E-state index in [1.165, 1.54) is 16.7 Å². The first-order chi connectivity index (χ1) is 11.2. The van der Waals surface area contributed by atoms with Crippen LogP contribution in [0.1, 0.15) is 5.56 Å². The van der Waals surface area contributed by atoms with Crippen LogP contribution in [0.15, 0.2) is 73.1 Å². The fraction of sp³-hybridized carbons (Fsp3) is 0.0500. The van der Waals surface area contributed by atoms with Crippen molar-refractivity contribution in [2.75, 3.05) is 0 Å². The Morgan fingerprint density at radius 1 is 0.826 bits per heavy atom. The second-order valence-corrected chi connectivity index (χ2v) is 6.12. The van der Waals surface area contributed by atoms with E-state index in [0.717, 1.165) is 21.9 Å². The van der Waals surface area contributed by atoms with Gasteiger partial charge in [-0.15, -0.1) is 0 Å². The predicted molar refractivity (Wildman–Crippen MR) is 95.8 cm³/mol. The SMILES string of the molecule is Cc1cccc(-c2ccc3nc(-c4ccc(Cl)cc4)cn3c2)c1. The van der Waals surface area contributed by atoms with Crippen LogP contribution in [-0.2, 0) is 0 Å². The molecule has 3 heteroatoms. The van der Waals surface area contributed by atoms with E-state index in [2.05, 4.69) is 65.1 Å². The van der Waals surface area contributed by atoms with Gasteiger partial charge in [0.15, 0.2) is 0 Å². The number of benzene rings is 2. The number of hydrogen-bond acceptors (Lipinski definition) is 1. The Labute approximate surface area is 140 Å². The van der Waals surface area contributed by atoms with Gasteiger partial charge < -0.3 is 4.40 Å². The van der Waals surface area contributed by atoms with Crippen LogP contribution in [0.5, 0.6) is 0 Å². The molecule has 0 saturated carbocycles. The fourth-order valence-electron chi connectivity index (χ4n) is 2.75. The van der Waals surface area contributed by atoms with Crippen LogP contribution in [-0.4, -0.2) is 9.38 Å². The fourth-order valence-corrected chi connectivity index (χ4v) is 2.87. The van der Waals surface area contributed by atoms with Crippen LogP contribution in [0, 0.1) is 6.92 Å². The minimum atomic E-state index is 0.735. The molecule has 0 unspecified atom stereocenters. The molecule has 0 bridgehead atoms. The van der Waals surface area contributed by atoms with E-state index in [1.54, 1.807) is 0 Å². The lowest BCUT2D eigenvalue weighted by Gasteiger charge is -2.03. The molecule has 0 saturated heterocycles. The van der Waals surface area contributed by atoms with E-state index < -0.39 is 0 Å². The Morgan fingerprint density at radius 2 is 1.61 bits per heavy atom. The van der Waals surface area contributed by atoms with Crippen LogP contribution >= 0.6 is 11.6 Å². The Balaban J connectivity index is 1.79. The highest BCUT2D eigenvalue weighted by Gasteiger charge is 2.06. The molecule has 4 aromatic rings. The highest BCUT2D eigenvalue weighted by molar-refractivity contribution is 6.30. The van der Waals surface area contributed by atoms with Gasteiger partial charge in [-0.25, -0.2) is 4.98 Å². The molecule has 0 aliphatic heterocycles. The second kappa shape index (κ2) is 5.56. The Hall–Kier alpha value is -2.58. The molecular weight excluding hydrogens is 304 g/mol. The maximum atomic E-state index is 5.95. The van der Waals surface area contributed by atoms with Crippen LogP contribution in [0.25, 0.3) is 28.0 Å². The number of imidazole rings is 1. The van der Waals surface area contributed by atoms with E-state index in [-0.39, 0.29) is 0 Å². The average molecular weight is 319 g/mol. The van der Waals surface area contributed by atoms with Gasteiger partial charge in [0.05, 0.1) is 5.69 Å². The minimum Gasteiger partial charge on any atom is -0.306 e. The topological polar surface area (TPSA) is 17.3 Å². The lowest BCUT2D eigenvalue weighted by Crippen LogP contribution is -1.85. The van der Waals surface area contributed by atoms with Crippen LogP contribution in [0.4, 0.5) is 0 Å². The normalized spacial score (nSPS) is 11.0. The summed E-state index contributed by atoms with van der Waals surface area (Å²) in [5.41, 5.74) is 6.61. The summed E-state index contributed by atoms with van der Waals surface area (Å²) in [7, 11) is 0. The lowest BCUT2D eigenvalue weighted by molar-refractivity contribution is 1.19. The number of aromatic nitrogens is 2. The third-order valence-electron chi connectivity index (χ3n) is 3.94. The first-order valence-electron chi connectivity index (χ1n) is 7.51. The highest BCUT2D eigenvalue weighted by Crippen LogP contribution is 2.24. The molecular formula is C20H15ClN2. The van der Waals surface area contributed by atoms with Gasteiger partial charge in [0.2, 0.25) is 0 Å². The van der Waals surface area contributed by atoms with Crippen molar-refractivity contribution >= 4 is 17.2 Å². The summed E-state index contributed by atoms with van der Waals surface area (Å²) in [5, 5.41) is 0.735. The van der Waals surface area contributed by atoms with Crippen molar-refractivity contribution in [2.45, 2.75) is 6.92 Å². The Bertz CT molecular complexity index is 984. The molecule has 0 aliphatic carbocycles. The quantitative estimate of drug-likeness (QED) is 0.468. The first kappa shape index (κ1) is 14.0. The lowest BCUT2D eigenvalue weighted by atomic mass is 10.1. The van der Waals surface area contributed by atoms with Crippen LogP contribution < -0.4 is 0 Å². The molecule has 2 aromatic heterocycles. The molecule has 0 aliphatic rings. The summed E-state index contributed by atoms with van der Waals surface area (Å²) >= 11 is 5.95. The van der Waals surface area contributed by atoms with Gasteiger partial charge in [-0.1, -0.05) is 53.6 Å². The van der Waals surface area contributed by atoms with E-state index in [1.807, 2.05) is 24.3 Å². The number of rotatable bonds is 2. The predicted octanol–water partition coefficient (Wildman–Crippen LogP) is 5.63. The maximum Gasteiger partial charge on any atom is 0.137 e. The summed E-state index contributed by atoms with van der Waals surface area (Å²) in [4.78, 5) is 4.68. The summed E-state index contributed by atoms with van der Waals surface area (Å²) in [6.45, 7) is 2.11. The van der Waals surface area contributed by atoms with Gasteiger partial charge in [-0.05, 0) is 42.3 Å². The maximum absolute atomic E-state index is 5.95. The van der Waals surface area contributed by atoms with Gasteiger partial charge in [0, 0.05) is 23.0 Å². The summed E-state index contributed by atoms with van der Waals surface area (Å²) in [5.74, 6) is 0. The Morgan fingerprint density at radius 3 is 2.39 bits per heavy atom. The zero-order chi connectivity index (χ0) is 15.8. The van der Waals surface area contributed by atoms with Crippen molar-refractivity contribution in [2.24, 2.45) is 0 Å². The summed E-state index contributed by atoms with van der Waals surface area (Å²) < 4.78 is 2.07. The summed E-state index contributed by atoms with van der Waals surface area (Å²) in [6, 6.07) is 20.4. The summed E-state index contributed by atoms with van der Waals surface area (Å²) in [6.07, 6.45) is 4.17. The van der Waals surface area contributed by atoms with Crippen LogP contribution in [0.2, 0.25) is 5.02 Å². The van der Waals surface area contributed by atoms with Gasteiger partial charge in [0.25, 0.3) is 0 Å². The zero-order valence-corrected chi connectivity index (χ0v) is 13.5. The van der Waals surface area contributed by atoms with Crippen LogP contribution in [0.3, 0.4) is 0 Å². The van der Waals surface area contributed by atoms with Crippen molar-refractivity contribution in [3.63, 3.8) is 0 Å². The standard InChI is InChI=1S/C20H15ClN2/c1-14-3-2-4-16(11-14)17-7-10-20-22-19(13-23(20)12-17)15-5-8-18(21)9-6-15/h2-13H,1H3. The minimum absolute atomic E-state index is 0.735.